The third-order valence-corrected chi connectivity index (χ3v) is 5.51. The van der Waals surface area contributed by atoms with Crippen LogP contribution in [0.25, 0.3) is 0 Å². The zero-order valence-electron chi connectivity index (χ0n) is 14.3. The quantitative estimate of drug-likeness (QED) is 0.876. The molecule has 6 heteroatoms. The van der Waals surface area contributed by atoms with Crippen LogP contribution in [0.4, 0.5) is 5.69 Å². The third-order valence-electron chi connectivity index (χ3n) is 5.51. The SMILES string of the molecule is Cc1nn(CCC(=O)O)c(C)c1NC(=O)C1C2Cc3ccccc3C21. The number of carbonyl (C=O) groups excluding carboxylic acids is 1. The number of hydrogen-bond acceptors (Lipinski definition) is 3. The molecule has 1 fully saturated rings. The number of carboxylic acid groups (broad SMARTS) is 1. The minimum Gasteiger partial charge on any atom is -0.481 e. The summed E-state index contributed by atoms with van der Waals surface area (Å²) in [4.78, 5) is 23.5. The van der Waals surface area contributed by atoms with E-state index in [-0.39, 0.29) is 18.2 Å². The molecule has 2 aromatic rings. The Hall–Kier alpha value is -2.63. The van der Waals surface area contributed by atoms with Crippen LogP contribution in [0.3, 0.4) is 0 Å². The average molecular weight is 339 g/mol. The normalized spacial score (nSPS) is 23.0. The fraction of sp³-hybridized carbons (Fsp3) is 0.421. The van der Waals surface area contributed by atoms with Crippen molar-refractivity contribution in [1.82, 2.24) is 9.78 Å². The van der Waals surface area contributed by atoms with Crippen molar-refractivity contribution in [2.45, 2.75) is 39.2 Å². The summed E-state index contributed by atoms with van der Waals surface area (Å²) in [6.45, 7) is 4.00. The van der Waals surface area contributed by atoms with Crippen LogP contribution < -0.4 is 5.32 Å². The number of hydrogen-bond donors (Lipinski definition) is 2. The molecule has 2 aliphatic rings. The molecular weight excluding hydrogens is 318 g/mol. The highest BCUT2D eigenvalue weighted by Gasteiger charge is 2.59. The summed E-state index contributed by atoms with van der Waals surface area (Å²) in [6.07, 6.45) is 0.994. The van der Waals surface area contributed by atoms with E-state index in [1.807, 2.05) is 19.9 Å². The van der Waals surface area contributed by atoms with Gasteiger partial charge in [0.1, 0.15) is 0 Å². The largest absolute Gasteiger partial charge is 0.481 e. The maximum absolute atomic E-state index is 12.7. The van der Waals surface area contributed by atoms with Gasteiger partial charge in [-0.05, 0) is 43.2 Å². The van der Waals surface area contributed by atoms with E-state index < -0.39 is 5.97 Å². The molecule has 0 aliphatic heterocycles. The van der Waals surface area contributed by atoms with Crippen molar-refractivity contribution in [3.05, 3.63) is 46.8 Å². The molecule has 1 saturated carbocycles. The fourth-order valence-corrected chi connectivity index (χ4v) is 4.21. The molecule has 2 aliphatic carbocycles. The number of carboxylic acids is 1. The molecule has 2 N–H and O–H groups in total. The molecule has 1 heterocycles. The van der Waals surface area contributed by atoms with Crippen LogP contribution in [0.15, 0.2) is 24.3 Å². The number of aliphatic carboxylic acids is 1. The standard InChI is InChI=1S/C19H21N3O3/c1-10-18(11(2)22(21-10)8-7-15(23)24)20-19(25)17-14-9-12-5-3-4-6-13(12)16(14)17/h3-6,14,16-17H,7-9H2,1-2H3,(H,20,25)(H,23,24). The van der Waals surface area contributed by atoms with Crippen LogP contribution in [-0.2, 0) is 22.6 Å². The number of amides is 1. The monoisotopic (exact) mass is 339 g/mol. The second-order valence-corrected chi connectivity index (χ2v) is 7.02. The second-order valence-electron chi connectivity index (χ2n) is 7.02. The van der Waals surface area contributed by atoms with Crippen molar-refractivity contribution in [1.29, 1.82) is 0 Å². The summed E-state index contributed by atoms with van der Waals surface area (Å²) in [5.41, 5.74) is 4.93. The lowest BCUT2D eigenvalue weighted by molar-refractivity contribution is -0.137. The summed E-state index contributed by atoms with van der Waals surface area (Å²) in [5, 5.41) is 16.2. The molecule has 4 rings (SSSR count). The van der Waals surface area contributed by atoms with E-state index in [0.717, 1.165) is 17.8 Å². The van der Waals surface area contributed by atoms with Gasteiger partial charge in [0, 0.05) is 5.92 Å². The van der Waals surface area contributed by atoms with Crippen molar-refractivity contribution in [2.24, 2.45) is 11.8 Å². The number of nitrogens with zero attached hydrogens (tertiary/aromatic N) is 2. The number of anilines is 1. The first-order valence-electron chi connectivity index (χ1n) is 8.62. The van der Waals surface area contributed by atoms with Crippen molar-refractivity contribution in [2.75, 3.05) is 5.32 Å². The van der Waals surface area contributed by atoms with E-state index in [0.29, 0.717) is 24.1 Å². The first-order valence-corrected chi connectivity index (χ1v) is 8.62. The first-order chi connectivity index (χ1) is 12.0. The first kappa shape index (κ1) is 15.9. The molecule has 25 heavy (non-hydrogen) atoms. The summed E-state index contributed by atoms with van der Waals surface area (Å²) < 4.78 is 1.65. The predicted molar refractivity (Wildman–Crippen MR) is 92.5 cm³/mol. The molecule has 1 amide bonds. The molecule has 1 aromatic heterocycles. The molecule has 6 nitrogen and oxygen atoms in total. The summed E-state index contributed by atoms with van der Waals surface area (Å²) in [5.74, 6) is -0.00824. The van der Waals surface area contributed by atoms with Gasteiger partial charge in [-0.25, -0.2) is 0 Å². The van der Waals surface area contributed by atoms with Gasteiger partial charge in [0.15, 0.2) is 0 Å². The number of rotatable bonds is 5. The molecule has 130 valence electrons. The third kappa shape index (κ3) is 2.62. The summed E-state index contributed by atoms with van der Waals surface area (Å²) in [7, 11) is 0. The van der Waals surface area contributed by atoms with Crippen LogP contribution in [0.5, 0.6) is 0 Å². The van der Waals surface area contributed by atoms with E-state index in [9.17, 15) is 9.59 Å². The number of fused-ring (bicyclic) bond motifs is 3. The van der Waals surface area contributed by atoms with E-state index in [2.05, 4.69) is 28.6 Å². The van der Waals surface area contributed by atoms with Crippen LogP contribution in [-0.4, -0.2) is 26.8 Å². The van der Waals surface area contributed by atoms with Gasteiger partial charge in [0.05, 0.1) is 30.0 Å². The number of aromatic nitrogens is 2. The lowest BCUT2D eigenvalue weighted by atomic mass is 10.0. The number of nitrogens with one attached hydrogen (secondary N) is 1. The van der Waals surface area contributed by atoms with E-state index in [4.69, 9.17) is 5.11 Å². The zero-order chi connectivity index (χ0) is 17.7. The number of aryl methyl sites for hydroxylation is 2. The summed E-state index contributed by atoms with van der Waals surface area (Å²) >= 11 is 0. The maximum atomic E-state index is 12.7. The predicted octanol–water partition coefficient (Wildman–Crippen LogP) is 2.50. The van der Waals surface area contributed by atoms with E-state index in [1.54, 1.807) is 4.68 Å². The number of carbonyl (C=O) groups is 2. The molecular formula is C19H21N3O3. The van der Waals surface area contributed by atoms with Gasteiger partial charge >= 0.3 is 5.97 Å². The molecule has 0 bridgehead atoms. The Morgan fingerprint density at radius 1 is 1.32 bits per heavy atom. The highest BCUT2D eigenvalue weighted by molar-refractivity contribution is 5.97. The van der Waals surface area contributed by atoms with Gasteiger partial charge in [-0.3, -0.25) is 14.3 Å². The van der Waals surface area contributed by atoms with Gasteiger partial charge in [-0.2, -0.15) is 5.10 Å². The van der Waals surface area contributed by atoms with Gasteiger partial charge in [0.25, 0.3) is 0 Å². The molecule has 1 aromatic carbocycles. The Morgan fingerprint density at radius 2 is 2.08 bits per heavy atom. The van der Waals surface area contributed by atoms with Crippen LogP contribution >= 0.6 is 0 Å². The minimum atomic E-state index is -0.859. The average Bonchev–Trinajstić information content (AvgIpc) is 3.07. The van der Waals surface area contributed by atoms with Crippen LogP contribution in [0, 0.1) is 25.7 Å². The van der Waals surface area contributed by atoms with Gasteiger partial charge < -0.3 is 10.4 Å². The lowest BCUT2D eigenvalue weighted by Crippen LogP contribution is -2.18. The van der Waals surface area contributed by atoms with Gasteiger partial charge in [0.2, 0.25) is 5.91 Å². The Balaban J connectivity index is 1.47. The molecule has 3 atom stereocenters. The number of benzene rings is 1. The zero-order valence-corrected chi connectivity index (χ0v) is 14.3. The van der Waals surface area contributed by atoms with Crippen molar-refractivity contribution in [3.63, 3.8) is 0 Å². The minimum absolute atomic E-state index is 0.0128. The van der Waals surface area contributed by atoms with Crippen molar-refractivity contribution in [3.8, 4) is 0 Å². The molecule has 0 spiro atoms. The Bertz CT molecular complexity index is 871. The van der Waals surface area contributed by atoms with Crippen molar-refractivity contribution >= 4 is 17.6 Å². The molecule has 3 unspecified atom stereocenters. The van der Waals surface area contributed by atoms with Crippen LogP contribution in [0.1, 0.15) is 34.9 Å². The fourth-order valence-electron chi connectivity index (χ4n) is 4.21. The van der Waals surface area contributed by atoms with Crippen molar-refractivity contribution < 1.29 is 14.7 Å². The maximum Gasteiger partial charge on any atom is 0.305 e. The highest BCUT2D eigenvalue weighted by Crippen LogP contribution is 2.61. The van der Waals surface area contributed by atoms with E-state index in [1.165, 1.54) is 11.1 Å². The Kier molecular flexibility index (Phi) is 3.63. The second kappa shape index (κ2) is 5.72. The van der Waals surface area contributed by atoms with E-state index >= 15 is 0 Å². The van der Waals surface area contributed by atoms with Gasteiger partial charge in [-0.15, -0.1) is 0 Å². The molecule has 0 radical (unpaired) electrons. The highest BCUT2D eigenvalue weighted by atomic mass is 16.4. The summed E-state index contributed by atoms with van der Waals surface area (Å²) in [6, 6.07) is 8.37. The van der Waals surface area contributed by atoms with Gasteiger partial charge in [-0.1, -0.05) is 24.3 Å². The Labute approximate surface area is 145 Å². The smallest absolute Gasteiger partial charge is 0.305 e. The Morgan fingerprint density at radius 3 is 2.84 bits per heavy atom. The molecule has 0 saturated heterocycles. The topological polar surface area (TPSA) is 84.2 Å². The lowest BCUT2D eigenvalue weighted by Gasteiger charge is -2.09. The van der Waals surface area contributed by atoms with Crippen LogP contribution in [0.2, 0.25) is 0 Å².